The van der Waals surface area contributed by atoms with Crippen LogP contribution in [0.1, 0.15) is 36.8 Å². The van der Waals surface area contributed by atoms with Crippen molar-refractivity contribution in [3.8, 4) is 22.6 Å². The largest absolute Gasteiger partial charge is 0.255 e. The Kier molecular flexibility index (Phi) is 4.37. The molecule has 0 N–H and O–H groups in total. The molecule has 3 aromatic rings. The van der Waals surface area contributed by atoms with E-state index in [0.717, 1.165) is 29.9 Å². The van der Waals surface area contributed by atoms with E-state index in [1.807, 2.05) is 12.3 Å². The Morgan fingerprint density at radius 3 is 2.29 bits per heavy atom. The number of nitrogens with zero attached hydrogens (tertiary/aromatic N) is 2. The summed E-state index contributed by atoms with van der Waals surface area (Å²) in [6.07, 6.45) is 9.30. The molecule has 2 heteroatoms. The summed E-state index contributed by atoms with van der Waals surface area (Å²) in [5, 5.41) is 0. The number of benzene rings is 1. The fourth-order valence-electron chi connectivity index (χ4n) is 3.57. The highest BCUT2D eigenvalue weighted by Gasteiger charge is 2.17. The van der Waals surface area contributed by atoms with Crippen LogP contribution in [0.5, 0.6) is 0 Å². The molecule has 1 aliphatic rings. The van der Waals surface area contributed by atoms with Gasteiger partial charge in [-0.3, -0.25) is 4.98 Å². The summed E-state index contributed by atoms with van der Waals surface area (Å²) in [7, 11) is 0. The van der Waals surface area contributed by atoms with Gasteiger partial charge in [-0.1, -0.05) is 49.2 Å². The zero-order valence-corrected chi connectivity index (χ0v) is 13.9. The zero-order chi connectivity index (χ0) is 16.2. The molecule has 0 saturated heterocycles. The van der Waals surface area contributed by atoms with E-state index in [2.05, 4.69) is 53.5 Å². The topological polar surface area (TPSA) is 25.8 Å². The predicted molar refractivity (Wildman–Crippen MR) is 98.8 cm³/mol. The van der Waals surface area contributed by atoms with Gasteiger partial charge in [0, 0.05) is 11.8 Å². The van der Waals surface area contributed by atoms with Crippen LogP contribution in [-0.2, 0) is 12.8 Å². The number of fused-ring (bicyclic) bond motifs is 1. The summed E-state index contributed by atoms with van der Waals surface area (Å²) < 4.78 is 0. The summed E-state index contributed by atoms with van der Waals surface area (Å²) >= 11 is 0. The van der Waals surface area contributed by atoms with E-state index in [1.165, 1.54) is 42.4 Å². The molecule has 0 fully saturated rings. The molecule has 2 heterocycles. The Morgan fingerprint density at radius 1 is 0.708 bits per heavy atom. The summed E-state index contributed by atoms with van der Waals surface area (Å²) in [5.74, 6) is 0. The monoisotopic (exact) mass is 314 g/mol. The fourth-order valence-corrected chi connectivity index (χ4v) is 3.57. The summed E-state index contributed by atoms with van der Waals surface area (Å²) in [6, 6.07) is 18.9. The molecule has 4 rings (SSSR count). The van der Waals surface area contributed by atoms with E-state index in [0.29, 0.717) is 0 Å². The van der Waals surface area contributed by atoms with Gasteiger partial charge in [-0.2, -0.15) is 0 Å². The Balaban J connectivity index is 1.90. The van der Waals surface area contributed by atoms with E-state index < -0.39 is 0 Å². The molecular formula is C22H22N2. The molecule has 24 heavy (non-hydrogen) atoms. The summed E-state index contributed by atoms with van der Waals surface area (Å²) in [6.45, 7) is 0. The maximum Gasteiger partial charge on any atom is 0.0928 e. The molecule has 0 radical (unpaired) electrons. The molecule has 0 amide bonds. The minimum atomic E-state index is 0.993. The Hall–Kier alpha value is -2.48. The first-order valence-electron chi connectivity index (χ1n) is 8.91. The molecule has 0 aliphatic heterocycles. The third-order valence-electron chi connectivity index (χ3n) is 4.82. The highest BCUT2D eigenvalue weighted by Crippen LogP contribution is 2.31. The first-order valence-corrected chi connectivity index (χ1v) is 8.91. The average molecular weight is 314 g/mol. The third-order valence-corrected chi connectivity index (χ3v) is 4.82. The van der Waals surface area contributed by atoms with Gasteiger partial charge in [-0.25, -0.2) is 4.98 Å². The maximum atomic E-state index is 5.04. The maximum absolute atomic E-state index is 5.04. The van der Waals surface area contributed by atoms with Crippen LogP contribution in [-0.4, -0.2) is 9.97 Å². The van der Waals surface area contributed by atoms with Crippen molar-refractivity contribution in [1.29, 1.82) is 0 Å². The first-order chi connectivity index (χ1) is 11.9. The summed E-state index contributed by atoms with van der Waals surface area (Å²) in [4.78, 5) is 9.62. The van der Waals surface area contributed by atoms with Crippen LogP contribution in [0.15, 0.2) is 60.8 Å². The van der Waals surface area contributed by atoms with Crippen LogP contribution >= 0.6 is 0 Å². The number of aromatic nitrogens is 2. The second-order valence-electron chi connectivity index (χ2n) is 6.49. The van der Waals surface area contributed by atoms with Crippen molar-refractivity contribution >= 4 is 0 Å². The lowest BCUT2D eigenvalue weighted by atomic mass is 9.90. The highest BCUT2D eigenvalue weighted by atomic mass is 14.8. The van der Waals surface area contributed by atoms with Crippen LogP contribution in [0.2, 0.25) is 0 Å². The van der Waals surface area contributed by atoms with Crippen molar-refractivity contribution < 1.29 is 0 Å². The van der Waals surface area contributed by atoms with Crippen LogP contribution in [0.3, 0.4) is 0 Å². The van der Waals surface area contributed by atoms with Crippen molar-refractivity contribution in [2.24, 2.45) is 0 Å². The summed E-state index contributed by atoms with van der Waals surface area (Å²) in [5.41, 5.74) is 7.19. The lowest BCUT2D eigenvalue weighted by Crippen LogP contribution is -2.06. The van der Waals surface area contributed by atoms with Crippen LogP contribution in [0.4, 0.5) is 0 Å². The molecular weight excluding hydrogens is 292 g/mol. The molecule has 2 nitrogen and oxygen atoms in total. The minimum Gasteiger partial charge on any atom is -0.255 e. The molecule has 0 bridgehead atoms. The van der Waals surface area contributed by atoms with Gasteiger partial charge >= 0.3 is 0 Å². The minimum absolute atomic E-state index is 0.993. The standard InChI is InChI=1S/C22H22N2/c1-2-7-13-19-18(12-4-1)16-21(17-10-5-3-6-11-17)24-22(19)20-14-8-9-15-23-20/h3,5-6,8-11,14-16H,1-2,4,7,12-13H2. The van der Waals surface area contributed by atoms with Crippen molar-refractivity contribution in [3.63, 3.8) is 0 Å². The van der Waals surface area contributed by atoms with E-state index >= 15 is 0 Å². The van der Waals surface area contributed by atoms with E-state index in [-0.39, 0.29) is 0 Å². The van der Waals surface area contributed by atoms with Gasteiger partial charge in [-0.15, -0.1) is 0 Å². The Labute approximate surface area is 143 Å². The van der Waals surface area contributed by atoms with Gasteiger partial charge in [0.25, 0.3) is 0 Å². The van der Waals surface area contributed by atoms with E-state index in [4.69, 9.17) is 4.98 Å². The Bertz CT molecular complexity index is 810. The number of hydrogen-bond acceptors (Lipinski definition) is 2. The quantitative estimate of drug-likeness (QED) is 0.627. The number of pyridine rings is 2. The van der Waals surface area contributed by atoms with Crippen LogP contribution in [0.25, 0.3) is 22.6 Å². The second-order valence-corrected chi connectivity index (χ2v) is 6.49. The van der Waals surface area contributed by atoms with Gasteiger partial charge < -0.3 is 0 Å². The average Bonchev–Trinajstić information content (AvgIpc) is 2.63. The predicted octanol–water partition coefficient (Wildman–Crippen LogP) is 5.47. The normalized spacial score (nSPS) is 14.5. The van der Waals surface area contributed by atoms with Crippen molar-refractivity contribution in [2.45, 2.75) is 38.5 Å². The smallest absolute Gasteiger partial charge is 0.0928 e. The molecule has 1 aliphatic carbocycles. The number of aryl methyl sites for hydroxylation is 1. The molecule has 0 saturated carbocycles. The van der Waals surface area contributed by atoms with Crippen LogP contribution in [0, 0.1) is 0 Å². The van der Waals surface area contributed by atoms with Crippen LogP contribution < -0.4 is 0 Å². The molecule has 1 aromatic carbocycles. The van der Waals surface area contributed by atoms with Gasteiger partial charge in [-0.05, 0) is 55.0 Å². The third kappa shape index (κ3) is 3.09. The van der Waals surface area contributed by atoms with E-state index in [1.54, 1.807) is 0 Å². The fraction of sp³-hybridized carbons (Fsp3) is 0.273. The van der Waals surface area contributed by atoms with E-state index in [9.17, 15) is 0 Å². The number of hydrogen-bond donors (Lipinski definition) is 0. The zero-order valence-electron chi connectivity index (χ0n) is 13.9. The molecule has 0 atom stereocenters. The molecule has 0 unspecified atom stereocenters. The first kappa shape index (κ1) is 15.1. The highest BCUT2D eigenvalue weighted by molar-refractivity contribution is 5.69. The van der Waals surface area contributed by atoms with Gasteiger partial charge in [0.15, 0.2) is 0 Å². The molecule has 120 valence electrons. The number of rotatable bonds is 2. The van der Waals surface area contributed by atoms with Gasteiger partial charge in [0.1, 0.15) is 0 Å². The van der Waals surface area contributed by atoms with Crippen molar-refractivity contribution in [3.05, 3.63) is 71.9 Å². The lowest BCUT2D eigenvalue weighted by Gasteiger charge is -2.18. The van der Waals surface area contributed by atoms with Gasteiger partial charge in [0.2, 0.25) is 0 Å². The molecule has 0 spiro atoms. The Morgan fingerprint density at radius 2 is 1.50 bits per heavy atom. The SMILES string of the molecule is c1ccc(-c2cc3c(c(-c4ccccn4)n2)CCCCCC3)cc1. The van der Waals surface area contributed by atoms with Crippen molar-refractivity contribution in [2.75, 3.05) is 0 Å². The van der Waals surface area contributed by atoms with Crippen molar-refractivity contribution in [1.82, 2.24) is 9.97 Å². The second kappa shape index (κ2) is 6.96. The molecule has 2 aromatic heterocycles. The van der Waals surface area contributed by atoms with Gasteiger partial charge in [0.05, 0.1) is 17.1 Å². The lowest BCUT2D eigenvalue weighted by molar-refractivity contribution is 0.616.